The Labute approximate surface area is 128 Å². The van der Waals surface area contributed by atoms with Crippen molar-refractivity contribution in [3.8, 4) is 12.1 Å². The van der Waals surface area contributed by atoms with E-state index in [2.05, 4.69) is 21.5 Å². The van der Waals surface area contributed by atoms with E-state index in [4.69, 9.17) is 10.5 Å². The van der Waals surface area contributed by atoms with E-state index in [-0.39, 0.29) is 12.6 Å². The van der Waals surface area contributed by atoms with Crippen LogP contribution in [0.15, 0.2) is 23.4 Å². The molecule has 0 aromatic carbocycles. The van der Waals surface area contributed by atoms with Gasteiger partial charge in [0.05, 0.1) is 18.2 Å². The van der Waals surface area contributed by atoms with E-state index < -0.39 is 0 Å². The zero-order valence-corrected chi connectivity index (χ0v) is 11.9. The zero-order valence-electron chi connectivity index (χ0n) is 11.9. The van der Waals surface area contributed by atoms with E-state index in [0.29, 0.717) is 30.9 Å². The first-order valence-electron chi connectivity index (χ1n) is 6.78. The molecule has 1 N–H and O–H groups in total. The number of carbonyl (C=O) groups excluding carboxylic acids is 1. The molecular weight excluding hydrogens is 282 g/mol. The number of nitrogens with one attached hydrogen (secondary N) is 1. The summed E-state index contributed by atoms with van der Waals surface area (Å²) in [7, 11) is 0. The number of hydrazone groups is 1. The maximum Gasteiger partial charge on any atom is 0.155 e. The second-order valence-electron chi connectivity index (χ2n) is 4.55. The fourth-order valence-electron chi connectivity index (χ4n) is 2.02. The normalized spacial score (nSPS) is 16.3. The third kappa shape index (κ3) is 3.78. The number of aldehydes is 1. The number of pyridine rings is 1. The Morgan fingerprint density at radius 3 is 3.00 bits per heavy atom. The fourth-order valence-corrected chi connectivity index (χ4v) is 2.02. The van der Waals surface area contributed by atoms with E-state index in [1.165, 1.54) is 6.20 Å². The molecule has 2 rings (SSSR count). The Kier molecular flexibility index (Phi) is 5.41. The first-order valence-corrected chi connectivity index (χ1v) is 6.78. The number of nitriles is 2. The van der Waals surface area contributed by atoms with Crippen molar-refractivity contribution in [3.05, 3.63) is 23.9 Å². The molecule has 1 aromatic heterocycles. The first-order chi connectivity index (χ1) is 10.8. The van der Waals surface area contributed by atoms with Crippen LogP contribution < -0.4 is 5.32 Å². The highest BCUT2D eigenvalue weighted by Crippen LogP contribution is 2.13. The fraction of sp³-hybridized carbons (Fsp3) is 0.357. The van der Waals surface area contributed by atoms with Crippen LogP contribution >= 0.6 is 0 Å². The van der Waals surface area contributed by atoms with Crippen LogP contribution in [-0.2, 0) is 4.79 Å². The van der Waals surface area contributed by atoms with Gasteiger partial charge in [0.15, 0.2) is 6.04 Å². The highest BCUT2D eigenvalue weighted by Gasteiger charge is 2.25. The van der Waals surface area contributed by atoms with Gasteiger partial charge in [-0.15, -0.1) is 0 Å². The number of carbonyl (C=O) groups is 1. The Balaban J connectivity index is 1.89. The largest absolute Gasteiger partial charge is 0.369 e. The minimum Gasteiger partial charge on any atom is -0.369 e. The van der Waals surface area contributed by atoms with Crippen molar-refractivity contribution in [3.63, 3.8) is 0 Å². The molecule has 8 heteroatoms. The number of nitrogens with zero attached hydrogens (tertiary/aromatic N) is 6. The van der Waals surface area contributed by atoms with Crippen molar-refractivity contribution in [1.82, 2.24) is 15.1 Å². The van der Waals surface area contributed by atoms with Crippen LogP contribution in [0.3, 0.4) is 0 Å². The number of anilines is 1. The zero-order chi connectivity index (χ0) is 15.8. The molecule has 0 aliphatic carbocycles. The Morgan fingerprint density at radius 2 is 2.36 bits per heavy atom. The summed E-state index contributed by atoms with van der Waals surface area (Å²) in [5.41, 5.74) is 0.497. The lowest BCUT2D eigenvalue weighted by Crippen LogP contribution is -2.45. The van der Waals surface area contributed by atoms with Crippen LogP contribution in [0.5, 0.6) is 0 Å². The lowest BCUT2D eigenvalue weighted by atomic mass is 10.3. The number of hydrazine groups is 1. The SMILES string of the molecule is N#Cc1ccc(NCCN(CC=O)N2N=CCC2C#N)nc1. The smallest absolute Gasteiger partial charge is 0.155 e. The van der Waals surface area contributed by atoms with E-state index in [9.17, 15) is 4.79 Å². The van der Waals surface area contributed by atoms with E-state index in [1.807, 2.05) is 6.07 Å². The molecule has 0 saturated heterocycles. The lowest BCUT2D eigenvalue weighted by Gasteiger charge is -2.30. The molecule has 0 bridgehead atoms. The third-order valence-electron chi connectivity index (χ3n) is 3.10. The molecule has 1 aliphatic heterocycles. The Hall–Kier alpha value is -2.97. The summed E-state index contributed by atoms with van der Waals surface area (Å²) >= 11 is 0. The predicted octanol–water partition coefficient (Wildman–Crippen LogP) is 0.365. The highest BCUT2D eigenvalue weighted by molar-refractivity contribution is 5.61. The average Bonchev–Trinajstić information content (AvgIpc) is 3.03. The van der Waals surface area contributed by atoms with Gasteiger partial charge in [-0.05, 0) is 12.1 Å². The van der Waals surface area contributed by atoms with Crippen LogP contribution in [0.1, 0.15) is 12.0 Å². The molecule has 0 saturated carbocycles. The van der Waals surface area contributed by atoms with Gasteiger partial charge in [-0.3, -0.25) is 0 Å². The lowest BCUT2D eigenvalue weighted by molar-refractivity contribution is -0.114. The summed E-state index contributed by atoms with van der Waals surface area (Å²) in [6.45, 7) is 1.19. The minimum absolute atomic E-state index is 0.165. The van der Waals surface area contributed by atoms with Crippen LogP contribution in [-0.4, -0.2) is 53.3 Å². The maximum absolute atomic E-state index is 10.8. The quantitative estimate of drug-likeness (QED) is 0.724. The predicted molar refractivity (Wildman–Crippen MR) is 79.4 cm³/mol. The summed E-state index contributed by atoms with van der Waals surface area (Å²) in [4.78, 5) is 14.9. The summed E-state index contributed by atoms with van der Waals surface area (Å²) in [6.07, 6.45) is 4.49. The molecule has 112 valence electrons. The number of aromatic nitrogens is 1. The van der Waals surface area contributed by atoms with Crippen LogP contribution in [0.25, 0.3) is 0 Å². The van der Waals surface area contributed by atoms with Crippen molar-refractivity contribution >= 4 is 18.3 Å². The molecule has 1 aliphatic rings. The summed E-state index contributed by atoms with van der Waals surface area (Å²) in [6, 6.07) is 7.18. The van der Waals surface area contributed by atoms with E-state index in [1.54, 1.807) is 28.5 Å². The van der Waals surface area contributed by atoms with Crippen molar-refractivity contribution in [2.45, 2.75) is 12.5 Å². The van der Waals surface area contributed by atoms with Gasteiger partial charge in [-0.1, -0.05) is 0 Å². The molecule has 0 fully saturated rings. The van der Waals surface area contributed by atoms with Crippen molar-refractivity contribution < 1.29 is 4.79 Å². The molecule has 1 aromatic rings. The number of hydrogen-bond acceptors (Lipinski definition) is 8. The highest BCUT2D eigenvalue weighted by atomic mass is 16.1. The van der Waals surface area contributed by atoms with Gasteiger partial charge in [0.25, 0.3) is 0 Å². The van der Waals surface area contributed by atoms with Gasteiger partial charge < -0.3 is 10.1 Å². The number of hydrogen-bond donors (Lipinski definition) is 1. The van der Waals surface area contributed by atoms with Gasteiger partial charge >= 0.3 is 0 Å². The third-order valence-corrected chi connectivity index (χ3v) is 3.10. The molecule has 2 heterocycles. The monoisotopic (exact) mass is 297 g/mol. The van der Waals surface area contributed by atoms with Crippen LogP contribution in [0, 0.1) is 22.7 Å². The average molecular weight is 297 g/mol. The molecule has 0 spiro atoms. The van der Waals surface area contributed by atoms with Gasteiger partial charge in [-0.25, -0.2) is 10.1 Å². The second-order valence-corrected chi connectivity index (χ2v) is 4.55. The van der Waals surface area contributed by atoms with E-state index in [0.717, 1.165) is 6.29 Å². The molecular formula is C14H15N7O. The van der Waals surface area contributed by atoms with E-state index >= 15 is 0 Å². The summed E-state index contributed by atoms with van der Waals surface area (Å²) in [5.74, 6) is 0.645. The van der Waals surface area contributed by atoms with Crippen molar-refractivity contribution in [1.29, 1.82) is 10.5 Å². The van der Waals surface area contributed by atoms with Crippen LogP contribution in [0.4, 0.5) is 5.82 Å². The number of rotatable bonds is 7. The van der Waals surface area contributed by atoms with Crippen molar-refractivity contribution in [2.75, 3.05) is 25.0 Å². The first kappa shape index (κ1) is 15.4. The van der Waals surface area contributed by atoms with Gasteiger partial charge in [0.1, 0.15) is 18.2 Å². The second kappa shape index (κ2) is 7.72. The standard InChI is InChI=1S/C14H15N7O/c15-9-12-1-2-14(18-11-12)17-5-6-20(7-8-22)21-13(10-16)3-4-19-21/h1-2,4,8,11,13H,3,5-7H2,(H,17,18). The molecule has 1 unspecified atom stereocenters. The summed E-state index contributed by atoms with van der Waals surface area (Å²) < 4.78 is 0. The molecule has 22 heavy (non-hydrogen) atoms. The van der Waals surface area contributed by atoms with Gasteiger partial charge in [0.2, 0.25) is 0 Å². The molecule has 8 nitrogen and oxygen atoms in total. The minimum atomic E-state index is -0.368. The summed E-state index contributed by atoms with van der Waals surface area (Å²) in [5, 5.41) is 28.3. The van der Waals surface area contributed by atoms with Crippen LogP contribution in [0.2, 0.25) is 0 Å². The Morgan fingerprint density at radius 1 is 1.50 bits per heavy atom. The van der Waals surface area contributed by atoms with Gasteiger partial charge in [0, 0.05) is 31.9 Å². The maximum atomic E-state index is 10.8. The molecule has 1 atom stereocenters. The molecule has 0 radical (unpaired) electrons. The van der Waals surface area contributed by atoms with Crippen molar-refractivity contribution in [2.24, 2.45) is 5.10 Å². The Bertz CT molecular complexity index is 614. The topological polar surface area (TPSA) is 108 Å². The van der Waals surface area contributed by atoms with Gasteiger partial charge in [-0.2, -0.15) is 20.6 Å². The molecule has 0 amide bonds.